The smallest absolute Gasteiger partial charge is 0.126 e. The van der Waals surface area contributed by atoms with Crippen molar-refractivity contribution in [1.82, 2.24) is 5.32 Å². The summed E-state index contributed by atoms with van der Waals surface area (Å²) in [7, 11) is 0. The molecule has 0 spiro atoms. The van der Waals surface area contributed by atoms with E-state index in [9.17, 15) is 9.50 Å². The first-order valence-corrected chi connectivity index (χ1v) is 5.94. The van der Waals surface area contributed by atoms with Crippen LogP contribution in [-0.2, 0) is 6.54 Å². The van der Waals surface area contributed by atoms with Crippen LogP contribution in [0.3, 0.4) is 0 Å². The van der Waals surface area contributed by atoms with E-state index in [1.807, 2.05) is 26.8 Å². The summed E-state index contributed by atoms with van der Waals surface area (Å²) in [6, 6.07) is 5.07. The summed E-state index contributed by atoms with van der Waals surface area (Å²) < 4.78 is 13.0. The zero-order chi connectivity index (χ0) is 13.1. The number of aryl methyl sites for hydroxylation is 1. The first-order valence-electron chi connectivity index (χ1n) is 5.94. The summed E-state index contributed by atoms with van der Waals surface area (Å²) in [6.07, 6.45) is -0.385. The molecule has 17 heavy (non-hydrogen) atoms. The third-order valence-corrected chi connectivity index (χ3v) is 2.89. The van der Waals surface area contributed by atoms with Gasteiger partial charge in [-0.3, -0.25) is 0 Å². The molecule has 0 heterocycles. The van der Waals surface area contributed by atoms with Gasteiger partial charge >= 0.3 is 0 Å². The van der Waals surface area contributed by atoms with Crippen LogP contribution in [0.5, 0.6) is 0 Å². The molecule has 2 nitrogen and oxygen atoms in total. The highest BCUT2D eigenvalue weighted by atomic mass is 19.1. The quantitative estimate of drug-likeness (QED) is 0.846. The molecule has 0 amide bonds. The van der Waals surface area contributed by atoms with Crippen molar-refractivity contribution < 1.29 is 9.50 Å². The van der Waals surface area contributed by atoms with Gasteiger partial charge in [0.25, 0.3) is 0 Å². The summed E-state index contributed by atoms with van der Waals surface area (Å²) in [5.74, 6) is -0.177. The van der Waals surface area contributed by atoms with Crippen LogP contribution in [0.15, 0.2) is 18.2 Å². The van der Waals surface area contributed by atoms with Gasteiger partial charge in [-0.1, -0.05) is 32.9 Å². The number of benzene rings is 1. The summed E-state index contributed by atoms with van der Waals surface area (Å²) >= 11 is 0. The zero-order valence-electron chi connectivity index (χ0n) is 11.0. The van der Waals surface area contributed by atoms with E-state index in [0.29, 0.717) is 18.7 Å². The summed E-state index contributed by atoms with van der Waals surface area (Å²) in [5, 5.41) is 13.0. The van der Waals surface area contributed by atoms with Crippen LogP contribution in [0.4, 0.5) is 4.39 Å². The highest BCUT2D eigenvalue weighted by Gasteiger charge is 2.21. The molecule has 1 aromatic carbocycles. The van der Waals surface area contributed by atoms with Crippen LogP contribution in [-0.4, -0.2) is 17.8 Å². The van der Waals surface area contributed by atoms with Crippen molar-refractivity contribution in [2.75, 3.05) is 6.54 Å². The highest BCUT2D eigenvalue weighted by Crippen LogP contribution is 2.18. The number of nitrogens with one attached hydrogen (secondary N) is 1. The van der Waals surface area contributed by atoms with Gasteiger partial charge in [0.15, 0.2) is 0 Å². The lowest BCUT2D eigenvalue weighted by Gasteiger charge is -2.26. The van der Waals surface area contributed by atoms with Gasteiger partial charge in [0, 0.05) is 13.1 Å². The second-order valence-corrected chi connectivity index (χ2v) is 5.60. The topological polar surface area (TPSA) is 32.3 Å². The Balaban J connectivity index is 2.44. The van der Waals surface area contributed by atoms with Crippen LogP contribution in [0.2, 0.25) is 0 Å². The summed E-state index contributed by atoms with van der Waals surface area (Å²) in [4.78, 5) is 0. The molecule has 0 saturated carbocycles. The molecule has 1 atom stereocenters. The van der Waals surface area contributed by atoms with Gasteiger partial charge in [0.05, 0.1) is 6.10 Å². The van der Waals surface area contributed by atoms with Gasteiger partial charge in [-0.05, 0) is 29.5 Å². The Bertz CT molecular complexity index is 371. The fraction of sp³-hybridized carbons (Fsp3) is 0.571. The largest absolute Gasteiger partial charge is 0.391 e. The third kappa shape index (κ3) is 4.44. The van der Waals surface area contributed by atoms with Crippen LogP contribution >= 0.6 is 0 Å². The van der Waals surface area contributed by atoms with E-state index in [0.717, 1.165) is 5.56 Å². The maximum Gasteiger partial charge on any atom is 0.126 e. The van der Waals surface area contributed by atoms with E-state index in [-0.39, 0.29) is 17.3 Å². The number of aliphatic hydroxyl groups excluding tert-OH is 1. The molecule has 0 bridgehead atoms. The van der Waals surface area contributed by atoms with Gasteiger partial charge in [-0.15, -0.1) is 0 Å². The van der Waals surface area contributed by atoms with Crippen LogP contribution < -0.4 is 5.32 Å². The van der Waals surface area contributed by atoms with Crippen molar-refractivity contribution in [2.24, 2.45) is 5.41 Å². The number of hydrogen-bond donors (Lipinski definition) is 2. The summed E-state index contributed by atoms with van der Waals surface area (Å²) in [6.45, 7) is 8.95. The first kappa shape index (κ1) is 14.1. The average Bonchev–Trinajstić information content (AvgIpc) is 2.22. The molecule has 0 aliphatic rings. The predicted octanol–water partition coefficient (Wildman–Crippen LogP) is 2.63. The zero-order valence-corrected chi connectivity index (χ0v) is 11.0. The first-order chi connectivity index (χ1) is 7.80. The van der Waals surface area contributed by atoms with E-state index in [1.165, 1.54) is 6.07 Å². The molecule has 2 N–H and O–H groups in total. The van der Waals surface area contributed by atoms with E-state index in [4.69, 9.17) is 0 Å². The molecule has 0 aromatic heterocycles. The average molecular weight is 239 g/mol. The Morgan fingerprint density at radius 3 is 2.53 bits per heavy atom. The third-order valence-electron chi connectivity index (χ3n) is 2.89. The Morgan fingerprint density at radius 1 is 1.35 bits per heavy atom. The van der Waals surface area contributed by atoms with Crippen molar-refractivity contribution in [2.45, 2.75) is 40.3 Å². The van der Waals surface area contributed by atoms with Gasteiger partial charge in [0.1, 0.15) is 5.82 Å². The molecule has 0 aliphatic heterocycles. The van der Waals surface area contributed by atoms with Crippen molar-refractivity contribution in [3.8, 4) is 0 Å². The van der Waals surface area contributed by atoms with Gasteiger partial charge in [-0.2, -0.15) is 0 Å². The van der Waals surface area contributed by atoms with Crippen LogP contribution in [0.1, 0.15) is 31.9 Å². The predicted molar refractivity (Wildman–Crippen MR) is 68.3 cm³/mol. The number of halogens is 1. The monoisotopic (exact) mass is 239 g/mol. The SMILES string of the molecule is Cc1cc(CNCC(O)C(C)(C)C)ccc1F. The Morgan fingerprint density at radius 2 is 2.00 bits per heavy atom. The molecule has 1 aromatic rings. The lowest BCUT2D eigenvalue weighted by Crippen LogP contribution is -2.36. The molecule has 96 valence electrons. The maximum atomic E-state index is 13.0. The molecular formula is C14H22FNO. The summed E-state index contributed by atoms with van der Waals surface area (Å²) in [5.41, 5.74) is 1.57. The maximum absolute atomic E-state index is 13.0. The standard InChI is InChI=1S/C14H22FNO/c1-10-7-11(5-6-12(10)15)8-16-9-13(17)14(2,3)4/h5-7,13,16-17H,8-9H2,1-4H3. The van der Waals surface area contributed by atoms with Gasteiger partial charge < -0.3 is 10.4 Å². The molecule has 0 saturated heterocycles. The number of rotatable bonds is 4. The fourth-order valence-corrected chi connectivity index (χ4v) is 1.48. The van der Waals surface area contributed by atoms with Crippen LogP contribution in [0, 0.1) is 18.2 Å². The second-order valence-electron chi connectivity index (χ2n) is 5.60. The molecule has 0 fully saturated rings. The minimum Gasteiger partial charge on any atom is -0.391 e. The Labute approximate surface area is 103 Å². The minimum absolute atomic E-state index is 0.119. The lowest BCUT2D eigenvalue weighted by atomic mass is 9.89. The molecule has 3 heteroatoms. The van der Waals surface area contributed by atoms with Gasteiger partial charge in [-0.25, -0.2) is 4.39 Å². The lowest BCUT2D eigenvalue weighted by molar-refractivity contribution is 0.0627. The Kier molecular flexibility index (Phi) is 4.66. The van der Waals surface area contributed by atoms with E-state index < -0.39 is 0 Å². The molecule has 0 aliphatic carbocycles. The fourth-order valence-electron chi connectivity index (χ4n) is 1.48. The van der Waals surface area contributed by atoms with Crippen molar-refractivity contribution in [3.05, 3.63) is 35.1 Å². The number of aliphatic hydroxyl groups is 1. The van der Waals surface area contributed by atoms with E-state index in [1.54, 1.807) is 13.0 Å². The molecule has 0 radical (unpaired) electrons. The molecule has 1 rings (SSSR count). The van der Waals surface area contributed by atoms with Gasteiger partial charge in [0.2, 0.25) is 0 Å². The number of hydrogen-bond acceptors (Lipinski definition) is 2. The van der Waals surface area contributed by atoms with E-state index in [2.05, 4.69) is 5.32 Å². The minimum atomic E-state index is -0.385. The Hall–Kier alpha value is -0.930. The molecule has 1 unspecified atom stereocenters. The van der Waals surface area contributed by atoms with Crippen molar-refractivity contribution in [1.29, 1.82) is 0 Å². The normalized spacial score (nSPS) is 13.8. The van der Waals surface area contributed by atoms with E-state index >= 15 is 0 Å². The molecular weight excluding hydrogens is 217 g/mol. The second kappa shape index (κ2) is 5.61. The van der Waals surface area contributed by atoms with Crippen molar-refractivity contribution in [3.63, 3.8) is 0 Å². The highest BCUT2D eigenvalue weighted by molar-refractivity contribution is 5.23. The van der Waals surface area contributed by atoms with Crippen LogP contribution in [0.25, 0.3) is 0 Å². The van der Waals surface area contributed by atoms with Crippen molar-refractivity contribution >= 4 is 0 Å².